The van der Waals surface area contributed by atoms with Crippen molar-refractivity contribution in [3.05, 3.63) is 47.2 Å². The van der Waals surface area contributed by atoms with Crippen molar-refractivity contribution in [2.75, 3.05) is 5.32 Å². The maximum Gasteiger partial charge on any atom is 0.231 e. The van der Waals surface area contributed by atoms with Crippen molar-refractivity contribution in [2.45, 2.75) is 52.4 Å². The Morgan fingerprint density at radius 1 is 1.12 bits per heavy atom. The minimum atomic E-state index is -0.292. The first-order valence-corrected chi connectivity index (χ1v) is 11.6. The van der Waals surface area contributed by atoms with Crippen LogP contribution in [0, 0.1) is 48.3 Å². The fourth-order valence-corrected chi connectivity index (χ4v) is 7.01. The quantitative estimate of drug-likeness (QED) is 0.635. The topological polar surface area (TPSA) is 83.6 Å². The van der Waals surface area contributed by atoms with Gasteiger partial charge in [-0.15, -0.1) is 0 Å². The number of hydrogen-bond donors (Lipinski definition) is 1. The molecule has 0 aliphatic heterocycles. The Kier molecular flexibility index (Phi) is 4.20. The number of benzene rings is 1. The number of pyridine rings is 1. The average molecular weight is 426 g/mol. The van der Waals surface area contributed by atoms with Crippen molar-refractivity contribution in [3.8, 4) is 11.9 Å². The molecule has 1 N–H and O–H groups in total. The van der Waals surface area contributed by atoms with E-state index in [0.717, 1.165) is 41.3 Å². The lowest BCUT2D eigenvalue weighted by molar-refractivity contribution is -0.140. The summed E-state index contributed by atoms with van der Waals surface area (Å²) in [6.45, 7) is 4.09. The van der Waals surface area contributed by atoms with Crippen LogP contribution in [0.1, 0.15) is 55.2 Å². The third-order valence-electron chi connectivity index (χ3n) is 8.09. The Hall–Kier alpha value is -3.20. The summed E-state index contributed by atoms with van der Waals surface area (Å²) in [6.07, 6.45) is 8.32. The number of nitriles is 1. The number of fused-ring (bicyclic) bond motifs is 1. The van der Waals surface area contributed by atoms with Crippen LogP contribution in [-0.2, 0) is 4.79 Å². The van der Waals surface area contributed by atoms with Gasteiger partial charge in [-0.2, -0.15) is 15.0 Å². The van der Waals surface area contributed by atoms with Gasteiger partial charge in [0.05, 0.1) is 17.1 Å². The highest BCUT2D eigenvalue weighted by molar-refractivity contribution is 5.96. The van der Waals surface area contributed by atoms with Crippen LogP contribution in [0.4, 0.5) is 5.82 Å². The molecule has 2 aromatic heterocycles. The van der Waals surface area contributed by atoms with E-state index in [1.807, 2.05) is 25.1 Å². The summed E-state index contributed by atoms with van der Waals surface area (Å²) >= 11 is 0. The van der Waals surface area contributed by atoms with E-state index in [1.54, 1.807) is 4.68 Å². The van der Waals surface area contributed by atoms with E-state index in [0.29, 0.717) is 35.0 Å². The summed E-state index contributed by atoms with van der Waals surface area (Å²) in [5.74, 6) is 3.16. The highest BCUT2D eigenvalue weighted by Gasteiger charge is 2.54. The molecule has 0 saturated heterocycles. The molecule has 32 heavy (non-hydrogen) atoms. The second-order valence-electron chi connectivity index (χ2n) is 10.4. The molecule has 2 heterocycles. The van der Waals surface area contributed by atoms with Crippen LogP contribution in [0.25, 0.3) is 16.7 Å². The number of para-hydroxylation sites is 1. The molecule has 3 aromatic rings. The summed E-state index contributed by atoms with van der Waals surface area (Å²) in [6, 6.07) is 10.3. The van der Waals surface area contributed by atoms with Gasteiger partial charge < -0.3 is 5.32 Å². The normalized spacial score (nSPS) is 28.1. The maximum absolute atomic E-state index is 13.7. The second kappa shape index (κ2) is 6.90. The number of aromatic nitrogens is 3. The summed E-state index contributed by atoms with van der Waals surface area (Å²) < 4.78 is 1.62. The summed E-state index contributed by atoms with van der Waals surface area (Å²) in [5, 5.41) is 18.4. The van der Waals surface area contributed by atoms with Gasteiger partial charge in [0.15, 0.2) is 11.6 Å². The van der Waals surface area contributed by atoms with Crippen LogP contribution in [0.2, 0.25) is 0 Å². The van der Waals surface area contributed by atoms with Crippen LogP contribution in [0.15, 0.2) is 30.5 Å². The van der Waals surface area contributed by atoms with Crippen molar-refractivity contribution < 1.29 is 4.79 Å². The molecule has 4 fully saturated rings. The Morgan fingerprint density at radius 2 is 1.81 bits per heavy atom. The zero-order valence-corrected chi connectivity index (χ0v) is 18.6. The minimum absolute atomic E-state index is 0.0588. The van der Waals surface area contributed by atoms with E-state index < -0.39 is 0 Å². The molecule has 4 aliphatic carbocycles. The molecule has 4 bridgehead atoms. The molecule has 6 heteroatoms. The van der Waals surface area contributed by atoms with E-state index in [4.69, 9.17) is 4.98 Å². The van der Waals surface area contributed by atoms with Crippen molar-refractivity contribution in [3.63, 3.8) is 0 Å². The molecule has 7 rings (SSSR count). The molecule has 0 radical (unpaired) electrons. The highest BCUT2D eigenvalue weighted by atomic mass is 16.2. The van der Waals surface area contributed by atoms with Crippen LogP contribution in [0.3, 0.4) is 0 Å². The van der Waals surface area contributed by atoms with Gasteiger partial charge in [-0.05, 0) is 87.3 Å². The third kappa shape index (κ3) is 2.87. The monoisotopic (exact) mass is 425 g/mol. The van der Waals surface area contributed by atoms with Gasteiger partial charge in [0.2, 0.25) is 5.91 Å². The fraction of sp³-hybridized carbons (Fsp3) is 0.462. The molecule has 4 saturated carbocycles. The zero-order valence-electron chi connectivity index (χ0n) is 18.6. The van der Waals surface area contributed by atoms with E-state index >= 15 is 0 Å². The van der Waals surface area contributed by atoms with Gasteiger partial charge in [0.25, 0.3) is 0 Å². The second-order valence-corrected chi connectivity index (χ2v) is 10.4. The summed E-state index contributed by atoms with van der Waals surface area (Å²) in [7, 11) is 0. The first-order chi connectivity index (χ1) is 15.5. The minimum Gasteiger partial charge on any atom is -0.309 e. The lowest BCUT2D eigenvalue weighted by Gasteiger charge is -2.55. The fourth-order valence-electron chi connectivity index (χ4n) is 7.01. The predicted octanol–water partition coefficient (Wildman–Crippen LogP) is 5.06. The number of hydrogen-bond acceptors (Lipinski definition) is 4. The van der Waals surface area contributed by atoms with Crippen LogP contribution >= 0.6 is 0 Å². The predicted molar refractivity (Wildman–Crippen MR) is 122 cm³/mol. The van der Waals surface area contributed by atoms with Gasteiger partial charge in [0, 0.05) is 5.39 Å². The van der Waals surface area contributed by atoms with E-state index in [2.05, 4.69) is 29.5 Å². The molecule has 1 amide bonds. The van der Waals surface area contributed by atoms with Gasteiger partial charge in [0.1, 0.15) is 11.6 Å². The molecular weight excluding hydrogens is 398 g/mol. The molecule has 6 nitrogen and oxygen atoms in total. The van der Waals surface area contributed by atoms with Crippen LogP contribution in [-0.4, -0.2) is 20.7 Å². The van der Waals surface area contributed by atoms with Gasteiger partial charge in [-0.3, -0.25) is 4.79 Å². The van der Waals surface area contributed by atoms with Crippen molar-refractivity contribution in [1.29, 1.82) is 5.26 Å². The molecular formula is C26H27N5O. The lowest BCUT2D eigenvalue weighted by Crippen LogP contribution is -2.52. The largest absolute Gasteiger partial charge is 0.309 e. The number of carbonyl (C=O) groups excluding carboxylic acids is 1. The average Bonchev–Trinajstić information content (AvgIpc) is 3.16. The molecule has 0 unspecified atom stereocenters. The highest BCUT2D eigenvalue weighted by Crippen LogP contribution is 2.60. The molecule has 162 valence electrons. The van der Waals surface area contributed by atoms with E-state index in [9.17, 15) is 10.1 Å². The number of amides is 1. The molecule has 0 atom stereocenters. The Bertz CT molecular complexity index is 1260. The molecule has 4 aliphatic rings. The number of nitrogens with zero attached hydrogens (tertiary/aromatic N) is 4. The van der Waals surface area contributed by atoms with Crippen LogP contribution < -0.4 is 5.32 Å². The Morgan fingerprint density at radius 3 is 2.47 bits per heavy atom. The maximum atomic E-state index is 13.7. The van der Waals surface area contributed by atoms with E-state index in [1.165, 1.54) is 25.5 Å². The number of carbonyl (C=O) groups is 1. The summed E-state index contributed by atoms with van der Waals surface area (Å²) in [4.78, 5) is 18.5. The first-order valence-electron chi connectivity index (χ1n) is 11.6. The molecule has 0 spiro atoms. The zero-order chi connectivity index (χ0) is 22.0. The van der Waals surface area contributed by atoms with E-state index in [-0.39, 0.29) is 11.3 Å². The number of anilines is 1. The number of nitrogens with one attached hydrogen (secondary N) is 1. The standard InChI is InChI=1S/C26H27N5O/c1-15-4-3-5-21-16(2)6-22(29-23(15)21)31-24(20(13-27)14-28-31)30-25(32)26-10-17-7-18(11-26)9-19(8-17)12-26/h3-6,14,17-19H,7-12H2,1-2H3,(H,30,32). The summed E-state index contributed by atoms with van der Waals surface area (Å²) in [5.41, 5.74) is 3.16. The smallest absolute Gasteiger partial charge is 0.231 e. The van der Waals surface area contributed by atoms with Crippen molar-refractivity contribution in [1.82, 2.24) is 14.8 Å². The Balaban J connectivity index is 1.40. The lowest BCUT2D eigenvalue weighted by atomic mass is 9.49. The van der Waals surface area contributed by atoms with Gasteiger partial charge >= 0.3 is 0 Å². The first kappa shape index (κ1) is 19.5. The third-order valence-corrected chi connectivity index (χ3v) is 8.09. The van der Waals surface area contributed by atoms with Gasteiger partial charge in [-0.1, -0.05) is 18.2 Å². The van der Waals surface area contributed by atoms with Crippen LogP contribution in [0.5, 0.6) is 0 Å². The SMILES string of the molecule is Cc1cc(-n2ncc(C#N)c2NC(=O)C23CC4CC(CC(C4)C2)C3)nc2c(C)cccc12. The van der Waals surface area contributed by atoms with Crippen molar-refractivity contribution in [2.24, 2.45) is 23.2 Å². The van der Waals surface area contributed by atoms with Gasteiger partial charge in [-0.25, -0.2) is 4.98 Å². The molecule has 1 aromatic carbocycles. The van der Waals surface area contributed by atoms with Crippen molar-refractivity contribution >= 4 is 22.6 Å². The number of aryl methyl sites for hydroxylation is 2. The Labute approximate surface area is 187 Å². The number of rotatable bonds is 3.